The summed E-state index contributed by atoms with van der Waals surface area (Å²) in [5, 5.41) is 12.7. The Morgan fingerprint density at radius 2 is 2.12 bits per heavy atom. The van der Waals surface area contributed by atoms with Crippen LogP contribution in [-0.2, 0) is 0 Å². The summed E-state index contributed by atoms with van der Waals surface area (Å²) in [5.74, 6) is 1.46. The van der Waals surface area contributed by atoms with Gasteiger partial charge in [0.25, 0.3) is 5.91 Å². The number of aliphatic hydroxyl groups is 1. The minimum Gasteiger partial charge on any atom is -0.391 e. The number of aliphatic hydroxyl groups excluding tert-OH is 1. The first kappa shape index (κ1) is 16.7. The third-order valence-electron chi connectivity index (χ3n) is 5.10. The zero-order valence-electron chi connectivity index (χ0n) is 14.4. The number of β-amino-alcohol motifs (C(OH)–C–C–N with tert-alkyl or cyclic N) is 1. The van der Waals surface area contributed by atoms with Gasteiger partial charge in [-0.3, -0.25) is 4.79 Å². The van der Waals surface area contributed by atoms with Gasteiger partial charge < -0.3 is 21.1 Å². The highest BCUT2D eigenvalue weighted by molar-refractivity contribution is 5.94. The van der Waals surface area contributed by atoms with Crippen molar-refractivity contribution in [3.05, 3.63) is 42.0 Å². The first-order valence-electron chi connectivity index (χ1n) is 8.86. The smallest absolute Gasteiger partial charge is 0.253 e. The lowest BCUT2D eigenvalue weighted by Crippen LogP contribution is -2.43. The Kier molecular flexibility index (Phi) is 4.42. The number of carbonyl (C=O) groups excluding carboxylic acids is 1. The maximum Gasteiger partial charge on any atom is 0.253 e. The number of pyridine rings is 1. The van der Waals surface area contributed by atoms with Gasteiger partial charge in [0.1, 0.15) is 18.0 Å². The van der Waals surface area contributed by atoms with Crippen molar-refractivity contribution in [1.29, 1.82) is 0 Å². The van der Waals surface area contributed by atoms with Gasteiger partial charge in [0.05, 0.1) is 11.7 Å². The number of hydrogen-bond donors (Lipinski definition) is 3. The highest BCUT2D eigenvalue weighted by Gasteiger charge is 2.33. The maximum atomic E-state index is 12.2. The zero-order valence-corrected chi connectivity index (χ0v) is 14.4. The molecule has 1 atom stereocenters. The molecule has 8 heteroatoms. The van der Waals surface area contributed by atoms with Crippen molar-refractivity contribution >= 4 is 17.5 Å². The summed E-state index contributed by atoms with van der Waals surface area (Å²) in [6.07, 6.45) is 5.28. The van der Waals surface area contributed by atoms with Crippen molar-refractivity contribution in [3.8, 4) is 0 Å². The van der Waals surface area contributed by atoms with Gasteiger partial charge in [-0.15, -0.1) is 0 Å². The Labute approximate surface area is 151 Å². The van der Waals surface area contributed by atoms with Gasteiger partial charge in [-0.25, -0.2) is 15.0 Å². The molecular formula is C18H22N6O2. The highest BCUT2D eigenvalue weighted by Crippen LogP contribution is 2.37. The maximum absolute atomic E-state index is 12.2. The lowest BCUT2D eigenvalue weighted by Gasteiger charge is -2.35. The van der Waals surface area contributed by atoms with Gasteiger partial charge in [-0.2, -0.15) is 0 Å². The van der Waals surface area contributed by atoms with Crippen molar-refractivity contribution in [3.63, 3.8) is 0 Å². The molecule has 4 rings (SSSR count). The Balaban J connectivity index is 1.33. The minimum absolute atomic E-state index is 0.129. The molecule has 1 amide bonds. The molecule has 3 heterocycles. The van der Waals surface area contributed by atoms with Crippen LogP contribution in [0.1, 0.15) is 41.2 Å². The summed E-state index contributed by atoms with van der Waals surface area (Å²) < 4.78 is 0. The van der Waals surface area contributed by atoms with E-state index in [-0.39, 0.29) is 18.1 Å². The molecule has 1 aliphatic heterocycles. The molecule has 4 N–H and O–H groups in total. The van der Waals surface area contributed by atoms with E-state index in [0.29, 0.717) is 23.8 Å². The molecule has 0 bridgehead atoms. The van der Waals surface area contributed by atoms with E-state index in [4.69, 9.17) is 5.73 Å². The molecule has 26 heavy (non-hydrogen) atoms. The first-order valence-corrected chi connectivity index (χ1v) is 8.86. The summed E-state index contributed by atoms with van der Waals surface area (Å²) in [6.45, 7) is 1.44. The van der Waals surface area contributed by atoms with Crippen LogP contribution >= 0.6 is 0 Å². The number of amides is 1. The quantitative estimate of drug-likeness (QED) is 0.740. The number of hydrogen-bond acceptors (Lipinski definition) is 7. The van der Waals surface area contributed by atoms with Gasteiger partial charge in [0.2, 0.25) is 0 Å². The second-order valence-corrected chi connectivity index (χ2v) is 7.00. The van der Waals surface area contributed by atoms with Crippen molar-refractivity contribution < 1.29 is 9.90 Å². The molecule has 1 aliphatic carbocycles. The zero-order chi connectivity index (χ0) is 18.1. The van der Waals surface area contributed by atoms with E-state index in [1.165, 1.54) is 6.20 Å². The third kappa shape index (κ3) is 3.45. The standard InChI is InChI=1S/C18H22N6O2/c19-16-2-1-11(8-20-16)18(26)23-13-5-12(6-13)15-7-17(22-10-21-15)24-4-3-14(25)9-24/h1-2,7-8,10,12-14,25H,3-6,9H2,(H2,19,20)(H,23,26)/t12?,13?,14-/m0/s1. The van der Waals surface area contributed by atoms with Gasteiger partial charge in [0.15, 0.2) is 0 Å². The van der Waals surface area contributed by atoms with Crippen LogP contribution in [0.2, 0.25) is 0 Å². The van der Waals surface area contributed by atoms with E-state index in [2.05, 4.69) is 25.2 Å². The molecule has 2 fully saturated rings. The number of nitrogen functional groups attached to an aromatic ring is 1. The third-order valence-corrected chi connectivity index (χ3v) is 5.10. The topological polar surface area (TPSA) is 117 Å². The van der Waals surface area contributed by atoms with Crippen molar-refractivity contribution in [1.82, 2.24) is 20.3 Å². The number of nitrogens with zero attached hydrogens (tertiary/aromatic N) is 4. The van der Waals surface area contributed by atoms with Crippen LogP contribution in [0.25, 0.3) is 0 Å². The molecule has 0 radical (unpaired) electrons. The summed E-state index contributed by atoms with van der Waals surface area (Å²) >= 11 is 0. The van der Waals surface area contributed by atoms with Gasteiger partial charge in [-0.05, 0) is 31.4 Å². The predicted molar refractivity (Wildman–Crippen MR) is 96.7 cm³/mol. The molecule has 0 spiro atoms. The SMILES string of the molecule is Nc1ccc(C(=O)NC2CC(c3cc(N4CC[C@H](O)C4)ncn3)C2)cn1. The number of anilines is 2. The molecule has 2 aliphatic rings. The summed E-state index contributed by atoms with van der Waals surface area (Å²) in [6, 6.07) is 5.44. The summed E-state index contributed by atoms with van der Waals surface area (Å²) in [7, 11) is 0. The minimum atomic E-state index is -0.278. The van der Waals surface area contributed by atoms with Crippen LogP contribution in [0.3, 0.4) is 0 Å². The van der Waals surface area contributed by atoms with Crippen LogP contribution in [-0.4, -0.2) is 51.2 Å². The van der Waals surface area contributed by atoms with E-state index in [0.717, 1.165) is 37.3 Å². The van der Waals surface area contributed by atoms with Gasteiger partial charge >= 0.3 is 0 Å². The Bertz CT molecular complexity index is 791. The lowest BCUT2D eigenvalue weighted by atomic mass is 9.78. The molecule has 2 aromatic heterocycles. The molecule has 1 saturated heterocycles. The number of nitrogens with one attached hydrogen (secondary N) is 1. The Morgan fingerprint density at radius 1 is 1.27 bits per heavy atom. The molecule has 1 saturated carbocycles. The van der Waals surface area contributed by atoms with Gasteiger partial charge in [-0.1, -0.05) is 0 Å². The van der Waals surface area contributed by atoms with E-state index >= 15 is 0 Å². The van der Waals surface area contributed by atoms with Crippen LogP contribution in [0.5, 0.6) is 0 Å². The van der Waals surface area contributed by atoms with Crippen LogP contribution < -0.4 is 16.0 Å². The van der Waals surface area contributed by atoms with E-state index in [1.54, 1.807) is 18.5 Å². The van der Waals surface area contributed by atoms with Crippen LogP contribution in [0.15, 0.2) is 30.7 Å². The summed E-state index contributed by atoms with van der Waals surface area (Å²) in [5.41, 5.74) is 7.05. The van der Waals surface area contributed by atoms with Gasteiger partial charge in [0, 0.05) is 43.0 Å². The van der Waals surface area contributed by atoms with E-state index in [1.807, 2.05) is 6.07 Å². The Hall–Kier alpha value is -2.74. The molecule has 0 unspecified atom stereocenters. The molecular weight excluding hydrogens is 332 g/mol. The fourth-order valence-corrected chi connectivity index (χ4v) is 3.49. The lowest BCUT2D eigenvalue weighted by molar-refractivity contribution is 0.0908. The first-order chi connectivity index (χ1) is 12.6. The fraction of sp³-hybridized carbons (Fsp3) is 0.444. The van der Waals surface area contributed by atoms with Crippen LogP contribution in [0, 0.1) is 0 Å². The number of nitrogens with two attached hydrogens (primary N) is 1. The average molecular weight is 354 g/mol. The number of aromatic nitrogens is 3. The van der Waals surface area contributed by atoms with Crippen molar-refractivity contribution in [2.75, 3.05) is 23.7 Å². The highest BCUT2D eigenvalue weighted by atomic mass is 16.3. The molecule has 136 valence electrons. The van der Waals surface area contributed by atoms with E-state index in [9.17, 15) is 9.90 Å². The second-order valence-electron chi connectivity index (χ2n) is 7.00. The average Bonchev–Trinajstić information content (AvgIpc) is 3.05. The predicted octanol–water partition coefficient (Wildman–Crippen LogP) is 0.701. The van der Waals surface area contributed by atoms with Crippen LogP contribution in [0.4, 0.5) is 11.6 Å². The Morgan fingerprint density at radius 3 is 2.81 bits per heavy atom. The summed E-state index contributed by atoms with van der Waals surface area (Å²) in [4.78, 5) is 27.0. The van der Waals surface area contributed by atoms with Crippen molar-refractivity contribution in [2.45, 2.75) is 37.3 Å². The van der Waals surface area contributed by atoms with Crippen molar-refractivity contribution in [2.24, 2.45) is 0 Å². The molecule has 8 nitrogen and oxygen atoms in total. The number of carbonyl (C=O) groups is 1. The molecule has 2 aromatic rings. The molecule has 0 aromatic carbocycles. The monoisotopic (exact) mass is 354 g/mol. The largest absolute Gasteiger partial charge is 0.391 e. The number of rotatable bonds is 4. The second kappa shape index (κ2) is 6.87. The fourth-order valence-electron chi connectivity index (χ4n) is 3.49. The normalized spacial score (nSPS) is 25.0. The van der Waals surface area contributed by atoms with E-state index < -0.39 is 0 Å².